The summed E-state index contributed by atoms with van der Waals surface area (Å²) in [6.45, 7) is 7.10. The third kappa shape index (κ3) is 7.29. The average molecular weight is 573 g/mol. The minimum atomic E-state index is -3.04. The minimum Gasteiger partial charge on any atom is -0.493 e. The number of aryl methyl sites for hydroxylation is 1. The number of hydrogen-bond donors (Lipinski definition) is 1. The molecule has 0 radical (unpaired) electrons. The first-order chi connectivity index (χ1) is 19.6. The maximum atomic E-state index is 14.0. The van der Waals surface area contributed by atoms with Crippen LogP contribution in [0, 0.1) is 0 Å². The van der Waals surface area contributed by atoms with Gasteiger partial charge >= 0.3 is 12.0 Å². The van der Waals surface area contributed by atoms with E-state index in [2.05, 4.69) is 17.4 Å². The molecule has 41 heavy (non-hydrogen) atoms. The van der Waals surface area contributed by atoms with Crippen LogP contribution in [0.25, 0.3) is 0 Å². The summed E-state index contributed by atoms with van der Waals surface area (Å²) in [6, 6.07) is 13.0. The number of hydrogen-bond acceptors (Lipinski definition) is 5. The second kappa shape index (κ2) is 13.1. The van der Waals surface area contributed by atoms with Crippen molar-refractivity contribution in [2.45, 2.75) is 89.1 Å². The van der Waals surface area contributed by atoms with Crippen molar-refractivity contribution in [3.8, 4) is 11.5 Å². The number of carbonyl (C=O) groups excluding carboxylic acids is 2. The SMILES string of the molecule is CCOc1cc(C(C)N(CCCCc2ccccc2)C(=O)NC2(C(=O)OC)CC(F)(F)C2)cc(OCC)c1C1CC1. The quantitative estimate of drug-likeness (QED) is 0.199. The molecular formula is C32H42F2N2O5. The summed E-state index contributed by atoms with van der Waals surface area (Å²) in [6.07, 6.45) is 2.94. The normalized spacial score (nSPS) is 17.6. The van der Waals surface area contributed by atoms with E-state index >= 15 is 0 Å². The van der Waals surface area contributed by atoms with E-state index < -0.39 is 42.3 Å². The van der Waals surface area contributed by atoms with E-state index in [4.69, 9.17) is 14.2 Å². The molecule has 2 saturated carbocycles. The number of methoxy groups -OCH3 is 1. The second-order valence-electron chi connectivity index (χ2n) is 11.1. The Morgan fingerprint density at radius 2 is 1.63 bits per heavy atom. The number of halogens is 2. The van der Waals surface area contributed by atoms with Gasteiger partial charge in [-0.15, -0.1) is 0 Å². The summed E-state index contributed by atoms with van der Waals surface area (Å²) in [7, 11) is 1.14. The predicted octanol–water partition coefficient (Wildman–Crippen LogP) is 6.80. The first-order valence-corrected chi connectivity index (χ1v) is 14.7. The van der Waals surface area contributed by atoms with Crippen LogP contribution < -0.4 is 14.8 Å². The molecular weight excluding hydrogens is 530 g/mol. The van der Waals surface area contributed by atoms with Crippen LogP contribution in [-0.2, 0) is 16.0 Å². The van der Waals surface area contributed by atoms with E-state index in [0.29, 0.717) is 32.1 Å². The number of esters is 1. The number of nitrogens with one attached hydrogen (secondary N) is 1. The van der Waals surface area contributed by atoms with Gasteiger partial charge in [-0.05, 0) is 82.1 Å². The number of amides is 2. The maximum Gasteiger partial charge on any atom is 0.332 e. The first kappa shape index (κ1) is 30.6. The second-order valence-corrected chi connectivity index (χ2v) is 11.1. The van der Waals surface area contributed by atoms with Gasteiger partial charge in [-0.3, -0.25) is 0 Å². The molecule has 1 N–H and O–H groups in total. The molecule has 2 aromatic rings. The zero-order valence-electron chi connectivity index (χ0n) is 24.5. The van der Waals surface area contributed by atoms with Crippen LogP contribution in [0.4, 0.5) is 13.6 Å². The van der Waals surface area contributed by atoms with E-state index in [-0.39, 0.29) is 0 Å². The molecule has 0 heterocycles. The van der Waals surface area contributed by atoms with Crippen molar-refractivity contribution < 1.29 is 32.6 Å². The Morgan fingerprint density at radius 1 is 1.02 bits per heavy atom. The van der Waals surface area contributed by atoms with E-state index in [1.807, 2.05) is 51.1 Å². The number of benzene rings is 2. The smallest absolute Gasteiger partial charge is 0.332 e. The van der Waals surface area contributed by atoms with Crippen molar-refractivity contribution in [3.05, 3.63) is 59.2 Å². The monoisotopic (exact) mass is 572 g/mol. The number of rotatable bonds is 14. The molecule has 2 aromatic carbocycles. The molecule has 0 spiro atoms. The van der Waals surface area contributed by atoms with Crippen LogP contribution in [0.15, 0.2) is 42.5 Å². The molecule has 7 nitrogen and oxygen atoms in total. The van der Waals surface area contributed by atoms with Gasteiger partial charge in [0.25, 0.3) is 5.92 Å². The fourth-order valence-electron chi connectivity index (χ4n) is 5.68. The lowest BCUT2D eigenvalue weighted by Gasteiger charge is -2.46. The van der Waals surface area contributed by atoms with E-state index in [1.54, 1.807) is 4.90 Å². The number of nitrogens with zero attached hydrogens (tertiary/aromatic N) is 1. The van der Waals surface area contributed by atoms with Crippen LogP contribution in [0.3, 0.4) is 0 Å². The lowest BCUT2D eigenvalue weighted by Crippen LogP contribution is -2.68. The number of urea groups is 1. The predicted molar refractivity (Wildman–Crippen MR) is 153 cm³/mol. The highest BCUT2D eigenvalue weighted by Crippen LogP contribution is 2.50. The fraction of sp³-hybridized carbons (Fsp3) is 0.562. The summed E-state index contributed by atoms with van der Waals surface area (Å²) in [5, 5.41) is 2.63. The zero-order valence-corrected chi connectivity index (χ0v) is 24.5. The molecule has 224 valence electrons. The molecule has 2 amide bonds. The molecule has 0 aromatic heterocycles. The van der Waals surface area contributed by atoms with Crippen molar-refractivity contribution >= 4 is 12.0 Å². The van der Waals surface area contributed by atoms with Gasteiger partial charge in [-0.1, -0.05) is 30.3 Å². The van der Waals surface area contributed by atoms with E-state index in [0.717, 1.165) is 55.4 Å². The summed E-state index contributed by atoms with van der Waals surface area (Å²) < 4.78 is 44.8. The molecule has 2 aliphatic rings. The Bertz CT molecular complexity index is 1170. The molecule has 1 unspecified atom stereocenters. The van der Waals surface area contributed by atoms with Gasteiger partial charge < -0.3 is 24.4 Å². The molecule has 1 atom stereocenters. The first-order valence-electron chi connectivity index (χ1n) is 14.7. The van der Waals surface area contributed by atoms with Crippen LogP contribution in [0.2, 0.25) is 0 Å². The van der Waals surface area contributed by atoms with Gasteiger partial charge in [0.2, 0.25) is 0 Å². The van der Waals surface area contributed by atoms with Crippen LogP contribution >= 0.6 is 0 Å². The largest absolute Gasteiger partial charge is 0.493 e. The number of ether oxygens (including phenoxy) is 3. The van der Waals surface area contributed by atoms with Crippen molar-refractivity contribution in [3.63, 3.8) is 0 Å². The Hall–Kier alpha value is -3.36. The van der Waals surface area contributed by atoms with Crippen LogP contribution in [-0.4, -0.2) is 55.2 Å². The maximum absolute atomic E-state index is 14.0. The average Bonchev–Trinajstić information content (AvgIpc) is 3.77. The highest BCUT2D eigenvalue weighted by atomic mass is 19.3. The molecule has 2 aliphatic carbocycles. The highest BCUT2D eigenvalue weighted by molar-refractivity contribution is 5.89. The van der Waals surface area contributed by atoms with Crippen molar-refractivity contribution in [1.82, 2.24) is 10.2 Å². The van der Waals surface area contributed by atoms with Gasteiger partial charge in [-0.2, -0.15) is 0 Å². The van der Waals surface area contributed by atoms with Crippen molar-refractivity contribution in [2.24, 2.45) is 0 Å². The molecule has 4 rings (SSSR count). The Labute approximate surface area is 241 Å². The Morgan fingerprint density at radius 3 is 2.15 bits per heavy atom. The molecule has 0 bridgehead atoms. The molecule has 0 aliphatic heterocycles. The summed E-state index contributed by atoms with van der Waals surface area (Å²) >= 11 is 0. The fourth-order valence-corrected chi connectivity index (χ4v) is 5.68. The van der Waals surface area contributed by atoms with E-state index in [9.17, 15) is 18.4 Å². The van der Waals surface area contributed by atoms with Crippen molar-refractivity contribution in [2.75, 3.05) is 26.9 Å². The van der Waals surface area contributed by atoms with Crippen LogP contribution in [0.5, 0.6) is 11.5 Å². The van der Waals surface area contributed by atoms with Gasteiger partial charge in [-0.25, -0.2) is 18.4 Å². The zero-order chi connectivity index (χ0) is 29.6. The van der Waals surface area contributed by atoms with E-state index in [1.165, 1.54) is 5.56 Å². The third-order valence-corrected chi connectivity index (χ3v) is 7.92. The molecule has 9 heteroatoms. The molecule has 2 fully saturated rings. The van der Waals surface area contributed by atoms with Crippen molar-refractivity contribution in [1.29, 1.82) is 0 Å². The van der Waals surface area contributed by atoms with Gasteiger partial charge in [0, 0.05) is 24.9 Å². The topological polar surface area (TPSA) is 77.1 Å². The van der Waals surface area contributed by atoms with Gasteiger partial charge in [0.1, 0.15) is 11.5 Å². The van der Waals surface area contributed by atoms with Gasteiger partial charge in [0.15, 0.2) is 5.54 Å². The summed E-state index contributed by atoms with van der Waals surface area (Å²) in [5.41, 5.74) is 1.33. The number of unbranched alkanes of at least 4 members (excludes halogenated alkanes) is 1. The summed E-state index contributed by atoms with van der Waals surface area (Å²) in [5.74, 6) is -2.02. The third-order valence-electron chi connectivity index (χ3n) is 7.92. The van der Waals surface area contributed by atoms with Gasteiger partial charge in [0.05, 0.1) is 26.4 Å². The van der Waals surface area contributed by atoms with Crippen LogP contribution in [0.1, 0.15) is 87.9 Å². The molecule has 0 saturated heterocycles. The number of alkyl halides is 2. The Balaban J connectivity index is 1.60. The Kier molecular flexibility index (Phi) is 9.76. The summed E-state index contributed by atoms with van der Waals surface area (Å²) in [4.78, 5) is 27.9. The lowest BCUT2D eigenvalue weighted by molar-refractivity contribution is -0.178. The lowest BCUT2D eigenvalue weighted by atomic mass is 9.73. The standard InChI is InChI=1S/C32H42F2N2O5/c1-5-40-26-18-25(19-27(41-6-2)28(26)24-15-16-24)22(3)36(17-11-10-14-23-12-8-7-9-13-23)30(38)35-31(29(37)39-4)20-32(33,34)21-31/h7-9,12-13,18-19,22,24H,5-6,10-11,14-17,20-21H2,1-4H3,(H,35,38). The highest BCUT2D eigenvalue weighted by Gasteiger charge is 2.63. The minimum absolute atomic E-state index is 0.367. The number of carbonyl (C=O) groups is 2.